The molecule has 1 amide bonds. The normalized spacial score (nSPS) is 13.5. The lowest BCUT2D eigenvalue weighted by Gasteiger charge is -2.25. The van der Waals surface area contributed by atoms with Crippen molar-refractivity contribution in [3.05, 3.63) is 65.7 Å². The third-order valence-corrected chi connectivity index (χ3v) is 4.05. The molecule has 0 aliphatic rings. The lowest BCUT2D eigenvalue weighted by atomic mass is 9.82. The summed E-state index contributed by atoms with van der Waals surface area (Å²) in [6, 6.07) is 12.6. The number of alkyl halides is 3. The van der Waals surface area contributed by atoms with Crippen LogP contribution in [0.5, 0.6) is 5.75 Å². The van der Waals surface area contributed by atoms with Crippen molar-refractivity contribution in [2.75, 3.05) is 13.2 Å². The zero-order valence-corrected chi connectivity index (χ0v) is 14.4. The van der Waals surface area contributed by atoms with Gasteiger partial charge in [-0.05, 0) is 30.7 Å². The molecule has 1 unspecified atom stereocenters. The van der Waals surface area contributed by atoms with Crippen molar-refractivity contribution in [2.24, 2.45) is 0 Å². The topological polar surface area (TPSA) is 75.6 Å². The Hall–Kier alpha value is -3.03. The largest absolute Gasteiger partial charge is 0.484 e. The Morgan fingerprint density at radius 1 is 1.04 bits per heavy atom. The smallest absolute Gasteiger partial charge is 0.416 e. The second-order valence-corrected chi connectivity index (χ2v) is 6.09. The van der Waals surface area contributed by atoms with Gasteiger partial charge in [-0.3, -0.25) is 9.59 Å². The summed E-state index contributed by atoms with van der Waals surface area (Å²) in [7, 11) is 0. The van der Waals surface area contributed by atoms with Crippen molar-refractivity contribution in [3.63, 3.8) is 0 Å². The van der Waals surface area contributed by atoms with Crippen LogP contribution in [0.4, 0.5) is 13.2 Å². The van der Waals surface area contributed by atoms with E-state index in [1.165, 1.54) is 19.1 Å². The number of nitrogens with one attached hydrogen (secondary N) is 1. The monoisotopic (exact) mass is 381 g/mol. The summed E-state index contributed by atoms with van der Waals surface area (Å²) in [5.74, 6) is -1.87. The van der Waals surface area contributed by atoms with E-state index < -0.39 is 35.6 Å². The van der Waals surface area contributed by atoms with Gasteiger partial charge in [0.1, 0.15) is 11.2 Å². The molecule has 0 bridgehead atoms. The van der Waals surface area contributed by atoms with Crippen LogP contribution in [0.1, 0.15) is 18.1 Å². The van der Waals surface area contributed by atoms with Crippen molar-refractivity contribution >= 4 is 11.9 Å². The fourth-order valence-electron chi connectivity index (χ4n) is 2.34. The van der Waals surface area contributed by atoms with E-state index in [2.05, 4.69) is 5.32 Å². The molecule has 0 heterocycles. The van der Waals surface area contributed by atoms with E-state index in [1.807, 2.05) is 0 Å². The van der Waals surface area contributed by atoms with Crippen molar-refractivity contribution in [3.8, 4) is 5.75 Å². The average molecular weight is 381 g/mol. The molecule has 2 aromatic carbocycles. The van der Waals surface area contributed by atoms with Crippen LogP contribution in [-0.2, 0) is 21.2 Å². The van der Waals surface area contributed by atoms with Gasteiger partial charge in [0.05, 0.1) is 5.56 Å². The molecule has 8 heteroatoms. The number of halogens is 3. The fourth-order valence-corrected chi connectivity index (χ4v) is 2.34. The first-order valence-electron chi connectivity index (χ1n) is 7.98. The van der Waals surface area contributed by atoms with E-state index in [1.54, 1.807) is 30.3 Å². The minimum Gasteiger partial charge on any atom is -0.484 e. The van der Waals surface area contributed by atoms with Gasteiger partial charge in [0, 0.05) is 6.54 Å². The second-order valence-electron chi connectivity index (χ2n) is 6.09. The third kappa shape index (κ3) is 5.22. The number of hydrogen-bond acceptors (Lipinski definition) is 3. The summed E-state index contributed by atoms with van der Waals surface area (Å²) in [5, 5.41) is 12.0. The summed E-state index contributed by atoms with van der Waals surface area (Å²) in [4.78, 5) is 23.6. The Kier molecular flexibility index (Phi) is 6.09. The number of benzene rings is 2. The van der Waals surface area contributed by atoms with Crippen molar-refractivity contribution in [1.29, 1.82) is 0 Å². The zero-order valence-electron chi connectivity index (χ0n) is 14.4. The summed E-state index contributed by atoms with van der Waals surface area (Å²) in [6.45, 7) is 0.738. The van der Waals surface area contributed by atoms with Crippen molar-refractivity contribution in [2.45, 2.75) is 18.5 Å². The van der Waals surface area contributed by atoms with Crippen LogP contribution in [-0.4, -0.2) is 30.1 Å². The first-order chi connectivity index (χ1) is 12.6. The van der Waals surface area contributed by atoms with Gasteiger partial charge in [0.2, 0.25) is 0 Å². The molecule has 0 aliphatic heterocycles. The first kappa shape index (κ1) is 20.3. The molecule has 0 spiro atoms. The summed E-state index contributed by atoms with van der Waals surface area (Å²) < 4.78 is 43.1. The Bertz CT molecular complexity index is 808. The minimum absolute atomic E-state index is 0.107. The highest BCUT2D eigenvalue weighted by atomic mass is 19.4. The van der Waals surface area contributed by atoms with Crippen LogP contribution < -0.4 is 10.1 Å². The standard InChI is InChI=1S/C19H18F3NO4/c1-18(17(25)26,13-6-3-2-4-7-13)12-23-16(24)11-27-15-9-5-8-14(10-15)19(20,21)22/h2-10H,11-12H2,1H3,(H,23,24)(H,25,26). The Morgan fingerprint density at radius 3 is 2.26 bits per heavy atom. The van der Waals surface area contributed by atoms with Gasteiger partial charge in [0.15, 0.2) is 6.61 Å². The predicted molar refractivity (Wildman–Crippen MR) is 91.4 cm³/mol. The van der Waals surface area contributed by atoms with Crippen LogP contribution in [0.3, 0.4) is 0 Å². The summed E-state index contributed by atoms with van der Waals surface area (Å²) in [5.41, 5.74) is -1.73. The summed E-state index contributed by atoms with van der Waals surface area (Å²) in [6.07, 6.45) is -4.51. The maximum absolute atomic E-state index is 12.7. The van der Waals surface area contributed by atoms with Crippen LogP contribution in [0, 0.1) is 0 Å². The van der Waals surface area contributed by atoms with Crippen molar-refractivity contribution < 1.29 is 32.6 Å². The van der Waals surface area contributed by atoms with E-state index in [4.69, 9.17) is 4.74 Å². The zero-order chi connectivity index (χ0) is 20.1. The number of ether oxygens (including phenoxy) is 1. The van der Waals surface area contributed by atoms with E-state index in [9.17, 15) is 27.9 Å². The van der Waals surface area contributed by atoms with Crippen LogP contribution >= 0.6 is 0 Å². The highest BCUT2D eigenvalue weighted by molar-refractivity contribution is 5.83. The molecule has 1 atom stereocenters. The fraction of sp³-hybridized carbons (Fsp3) is 0.263. The Balaban J connectivity index is 1.97. The number of carbonyl (C=O) groups excluding carboxylic acids is 1. The van der Waals surface area contributed by atoms with E-state index in [0.717, 1.165) is 12.1 Å². The molecule has 0 saturated heterocycles. The van der Waals surface area contributed by atoms with Gasteiger partial charge in [-0.25, -0.2) is 0 Å². The molecule has 27 heavy (non-hydrogen) atoms. The molecule has 0 radical (unpaired) electrons. The number of amides is 1. The van der Waals surface area contributed by atoms with E-state index >= 15 is 0 Å². The predicted octanol–water partition coefficient (Wildman–Crippen LogP) is 3.24. The van der Waals surface area contributed by atoms with Crippen LogP contribution in [0.15, 0.2) is 54.6 Å². The SMILES string of the molecule is CC(CNC(=O)COc1cccc(C(F)(F)F)c1)(C(=O)O)c1ccccc1. The number of carboxylic acids is 1. The molecule has 0 aliphatic carbocycles. The highest BCUT2D eigenvalue weighted by Crippen LogP contribution is 2.31. The van der Waals surface area contributed by atoms with Crippen molar-refractivity contribution in [1.82, 2.24) is 5.32 Å². The average Bonchev–Trinajstić information content (AvgIpc) is 2.64. The summed E-state index contributed by atoms with van der Waals surface area (Å²) >= 11 is 0. The molecule has 5 nitrogen and oxygen atoms in total. The number of carbonyl (C=O) groups is 2. The quantitative estimate of drug-likeness (QED) is 0.772. The van der Waals surface area contributed by atoms with Crippen LogP contribution in [0.2, 0.25) is 0 Å². The lowest BCUT2D eigenvalue weighted by molar-refractivity contribution is -0.143. The van der Waals surface area contributed by atoms with Gasteiger partial charge in [-0.2, -0.15) is 13.2 Å². The van der Waals surface area contributed by atoms with Gasteiger partial charge < -0.3 is 15.2 Å². The van der Waals surface area contributed by atoms with Gasteiger partial charge >= 0.3 is 12.1 Å². The molecule has 0 aromatic heterocycles. The molecular formula is C19H18F3NO4. The molecule has 0 fully saturated rings. The molecule has 2 N–H and O–H groups in total. The van der Waals surface area contributed by atoms with E-state index in [0.29, 0.717) is 5.56 Å². The number of aliphatic carboxylic acids is 1. The molecular weight excluding hydrogens is 363 g/mol. The number of hydrogen-bond donors (Lipinski definition) is 2. The van der Waals surface area contributed by atoms with E-state index in [-0.39, 0.29) is 12.3 Å². The molecule has 2 rings (SSSR count). The second kappa shape index (κ2) is 8.11. The van der Waals surface area contributed by atoms with Gasteiger partial charge in [-0.1, -0.05) is 36.4 Å². The Labute approximate surface area is 153 Å². The Morgan fingerprint density at radius 2 is 1.67 bits per heavy atom. The van der Waals surface area contributed by atoms with Crippen LogP contribution in [0.25, 0.3) is 0 Å². The first-order valence-corrected chi connectivity index (χ1v) is 7.98. The van der Waals surface area contributed by atoms with Gasteiger partial charge in [0.25, 0.3) is 5.91 Å². The van der Waals surface area contributed by atoms with Gasteiger partial charge in [-0.15, -0.1) is 0 Å². The maximum atomic E-state index is 12.7. The molecule has 144 valence electrons. The number of rotatable bonds is 7. The maximum Gasteiger partial charge on any atom is 0.416 e. The highest BCUT2D eigenvalue weighted by Gasteiger charge is 2.35. The third-order valence-electron chi connectivity index (χ3n) is 4.05. The minimum atomic E-state index is -4.51. The lowest BCUT2D eigenvalue weighted by Crippen LogP contribution is -2.45. The molecule has 2 aromatic rings. The number of carboxylic acid groups (broad SMARTS) is 1. The molecule has 0 saturated carbocycles.